The zero-order valence-corrected chi connectivity index (χ0v) is 22.3. The summed E-state index contributed by atoms with van der Waals surface area (Å²) in [5.41, 5.74) is 2.94. The van der Waals surface area contributed by atoms with Crippen LogP contribution in [-0.2, 0) is 16.1 Å². The van der Waals surface area contributed by atoms with E-state index in [9.17, 15) is 14.7 Å². The average Bonchev–Trinajstić information content (AvgIpc) is 3.15. The van der Waals surface area contributed by atoms with E-state index in [1.807, 2.05) is 38.1 Å². The number of carbonyl (C=O) groups is 2. The zero-order chi connectivity index (χ0) is 27.2. The highest BCUT2D eigenvalue weighted by atomic mass is 16.5. The number of pyridine rings is 1. The molecule has 198 valence electrons. The first kappa shape index (κ1) is 26.9. The van der Waals surface area contributed by atoms with Gasteiger partial charge in [-0.05, 0) is 55.5 Å². The summed E-state index contributed by atoms with van der Waals surface area (Å²) in [6, 6.07) is 15.4. The van der Waals surface area contributed by atoms with Gasteiger partial charge < -0.3 is 19.5 Å². The van der Waals surface area contributed by atoms with Gasteiger partial charge in [0.05, 0.1) is 24.8 Å². The number of aliphatic hydroxyl groups is 1. The Morgan fingerprint density at radius 3 is 2.47 bits per heavy atom. The van der Waals surface area contributed by atoms with Crippen molar-refractivity contribution in [1.29, 1.82) is 0 Å². The maximum atomic E-state index is 13.4. The van der Waals surface area contributed by atoms with Crippen molar-refractivity contribution in [2.45, 2.75) is 46.7 Å². The van der Waals surface area contributed by atoms with Crippen molar-refractivity contribution in [2.75, 3.05) is 13.2 Å². The lowest BCUT2D eigenvalue weighted by Gasteiger charge is -2.26. The van der Waals surface area contributed by atoms with Crippen LogP contribution in [0, 0.1) is 12.8 Å². The van der Waals surface area contributed by atoms with Crippen LogP contribution in [0.2, 0.25) is 0 Å². The number of hydrogen-bond acceptors (Lipinski definition) is 6. The van der Waals surface area contributed by atoms with Gasteiger partial charge in [0.25, 0.3) is 11.7 Å². The summed E-state index contributed by atoms with van der Waals surface area (Å²) in [6.07, 6.45) is 4.21. The predicted molar refractivity (Wildman–Crippen MR) is 146 cm³/mol. The molecule has 1 aliphatic heterocycles. The molecule has 2 aromatic carbocycles. The fourth-order valence-corrected chi connectivity index (χ4v) is 4.43. The van der Waals surface area contributed by atoms with Crippen molar-refractivity contribution in [2.24, 2.45) is 5.92 Å². The third kappa shape index (κ3) is 5.88. The number of carbonyl (C=O) groups excluding carboxylic acids is 2. The van der Waals surface area contributed by atoms with Crippen LogP contribution in [0.5, 0.6) is 11.5 Å². The highest BCUT2D eigenvalue weighted by Crippen LogP contribution is 2.42. The highest BCUT2D eigenvalue weighted by molar-refractivity contribution is 6.46. The number of aryl methyl sites for hydroxylation is 1. The Morgan fingerprint density at radius 1 is 1.05 bits per heavy atom. The zero-order valence-electron chi connectivity index (χ0n) is 22.3. The van der Waals surface area contributed by atoms with Crippen molar-refractivity contribution in [3.05, 3.63) is 94.8 Å². The van der Waals surface area contributed by atoms with E-state index in [0.29, 0.717) is 41.8 Å². The van der Waals surface area contributed by atoms with Gasteiger partial charge in [-0.3, -0.25) is 14.6 Å². The summed E-state index contributed by atoms with van der Waals surface area (Å²) in [7, 11) is 0. The smallest absolute Gasteiger partial charge is 0.295 e. The minimum Gasteiger partial charge on any atom is -0.507 e. The number of Topliss-reactive ketones (excluding diaryl/α,β-unsaturated/α-hetero) is 1. The molecule has 1 aromatic heterocycles. The maximum absolute atomic E-state index is 13.4. The lowest BCUT2D eigenvalue weighted by molar-refractivity contribution is -0.140. The van der Waals surface area contributed by atoms with Gasteiger partial charge in [-0.15, -0.1) is 0 Å². The molecule has 0 spiro atoms. The van der Waals surface area contributed by atoms with Gasteiger partial charge in [-0.1, -0.05) is 55.8 Å². The second kappa shape index (κ2) is 11.9. The Kier molecular flexibility index (Phi) is 8.46. The largest absolute Gasteiger partial charge is 0.507 e. The molecule has 38 heavy (non-hydrogen) atoms. The number of aliphatic hydroxyl groups excluding tert-OH is 1. The predicted octanol–water partition coefficient (Wildman–Crippen LogP) is 5.84. The molecule has 1 fully saturated rings. The Balaban J connectivity index is 1.81. The minimum absolute atomic E-state index is 0.0404. The normalized spacial score (nSPS) is 16.8. The van der Waals surface area contributed by atoms with Crippen LogP contribution >= 0.6 is 0 Å². The van der Waals surface area contributed by atoms with Crippen molar-refractivity contribution in [3.63, 3.8) is 0 Å². The van der Waals surface area contributed by atoms with Crippen molar-refractivity contribution < 1.29 is 24.2 Å². The van der Waals surface area contributed by atoms with E-state index in [-0.39, 0.29) is 17.9 Å². The molecule has 2 heterocycles. The molecule has 1 unspecified atom stereocenters. The highest BCUT2D eigenvalue weighted by Gasteiger charge is 2.46. The van der Waals surface area contributed by atoms with Gasteiger partial charge in [0.1, 0.15) is 5.76 Å². The van der Waals surface area contributed by atoms with Gasteiger partial charge in [0, 0.05) is 24.5 Å². The van der Waals surface area contributed by atoms with Crippen LogP contribution in [0.15, 0.2) is 72.6 Å². The van der Waals surface area contributed by atoms with Crippen molar-refractivity contribution >= 4 is 17.4 Å². The summed E-state index contributed by atoms with van der Waals surface area (Å²) in [6.45, 7) is 9.22. The second-order valence-corrected chi connectivity index (χ2v) is 9.82. The first-order valence-electron chi connectivity index (χ1n) is 12.9. The standard InChI is InChI=1S/C31H34N2O5/c1-5-37-26-17-24(12-13-25(26)38-16-14-20(2)3)28-27(29(34)23-10-8-21(4)9-11-23)30(35)31(36)33(28)19-22-7-6-15-32-18-22/h6-13,15,17-18,20,28,34H,5,14,16,19H2,1-4H3/b29-27+. The monoisotopic (exact) mass is 514 g/mol. The van der Waals surface area contributed by atoms with Crippen LogP contribution < -0.4 is 9.47 Å². The van der Waals surface area contributed by atoms with Crippen LogP contribution in [0.25, 0.3) is 5.76 Å². The average molecular weight is 515 g/mol. The van der Waals surface area contributed by atoms with Gasteiger partial charge in [0.15, 0.2) is 11.5 Å². The number of aromatic nitrogens is 1. The Morgan fingerprint density at radius 2 is 1.82 bits per heavy atom. The fourth-order valence-electron chi connectivity index (χ4n) is 4.43. The van der Waals surface area contributed by atoms with E-state index in [4.69, 9.17) is 9.47 Å². The Bertz CT molecular complexity index is 1320. The van der Waals surface area contributed by atoms with Crippen LogP contribution in [0.3, 0.4) is 0 Å². The summed E-state index contributed by atoms with van der Waals surface area (Å²) in [5, 5.41) is 11.3. The first-order chi connectivity index (χ1) is 18.3. The number of likely N-dealkylation sites (tertiary alicyclic amines) is 1. The molecule has 1 aliphatic rings. The summed E-state index contributed by atoms with van der Waals surface area (Å²) in [4.78, 5) is 32.3. The van der Waals surface area contributed by atoms with Crippen molar-refractivity contribution in [3.8, 4) is 11.5 Å². The van der Waals surface area contributed by atoms with Gasteiger partial charge in [-0.2, -0.15) is 0 Å². The van der Waals surface area contributed by atoms with Crippen LogP contribution in [0.4, 0.5) is 0 Å². The van der Waals surface area contributed by atoms with Gasteiger partial charge >= 0.3 is 0 Å². The van der Waals surface area contributed by atoms with Crippen LogP contribution in [0.1, 0.15) is 55.5 Å². The van der Waals surface area contributed by atoms with E-state index < -0.39 is 17.7 Å². The maximum Gasteiger partial charge on any atom is 0.295 e. The number of ketones is 1. The quantitative estimate of drug-likeness (QED) is 0.208. The third-order valence-electron chi connectivity index (χ3n) is 6.48. The topological polar surface area (TPSA) is 89.0 Å². The number of ether oxygens (including phenoxy) is 2. The lowest BCUT2D eigenvalue weighted by atomic mass is 9.94. The van der Waals surface area contributed by atoms with Gasteiger partial charge in [-0.25, -0.2) is 0 Å². The third-order valence-corrected chi connectivity index (χ3v) is 6.48. The molecular formula is C31H34N2O5. The van der Waals surface area contributed by atoms with Gasteiger partial charge in [0.2, 0.25) is 0 Å². The summed E-state index contributed by atoms with van der Waals surface area (Å²) in [5.74, 6) is 0.000962. The van der Waals surface area contributed by atoms with E-state index in [2.05, 4.69) is 18.8 Å². The molecule has 1 amide bonds. The van der Waals surface area contributed by atoms with E-state index in [1.54, 1.807) is 42.7 Å². The minimum atomic E-state index is -0.819. The molecule has 7 heteroatoms. The molecule has 1 N–H and O–H groups in total. The van der Waals surface area contributed by atoms with Crippen LogP contribution in [-0.4, -0.2) is 39.9 Å². The fraction of sp³-hybridized carbons (Fsp3) is 0.323. The number of benzene rings is 2. The van der Waals surface area contributed by atoms with E-state index in [0.717, 1.165) is 17.5 Å². The number of rotatable bonds is 10. The SMILES string of the molecule is CCOc1cc(C2/C(=C(\O)c3ccc(C)cc3)C(=O)C(=O)N2Cc2cccnc2)ccc1OCCC(C)C. The van der Waals surface area contributed by atoms with E-state index in [1.165, 1.54) is 4.90 Å². The molecule has 0 saturated carbocycles. The summed E-state index contributed by atoms with van der Waals surface area (Å²) < 4.78 is 11.9. The van der Waals surface area contributed by atoms with E-state index >= 15 is 0 Å². The first-order valence-corrected chi connectivity index (χ1v) is 12.9. The Hall–Kier alpha value is -4.13. The summed E-state index contributed by atoms with van der Waals surface area (Å²) >= 11 is 0. The van der Waals surface area contributed by atoms with Crippen molar-refractivity contribution in [1.82, 2.24) is 9.88 Å². The lowest BCUT2D eigenvalue weighted by Crippen LogP contribution is -2.29. The molecule has 4 rings (SSSR count). The molecule has 0 radical (unpaired) electrons. The molecule has 0 aliphatic carbocycles. The number of hydrogen-bond donors (Lipinski definition) is 1. The second-order valence-electron chi connectivity index (χ2n) is 9.82. The molecule has 0 bridgehead atoms. The number of amides is 1. The molecular weight excluding hydrogens is 480 g/mol. The molecule has 1 saturated heterocycles. The molecule has 3 aromatic rings. The molecule has 7 nitrogen and oxygen atoms in total. The Labute approximate surface area is 223 Å². The molecule has 1 atom stereocenters. The number of nitrogens with zero attached hydrogens (tertiary/aromatic N) is 2.